The number of sulfonamides is 1. The standard InChI is InChI=1S/C15H24N2O3S/c1-11-6-4-5-7-13(11)17(2)21(18,19)15-10-12(16)8-9-14(15)20-3/h8-11,13H,4-7,16H2,1-3H3. The molecule has 0 spiro atoms. The normalized spacial score (nSPS) is 23.2. The molecule has 0 radical (unpaired) electrons. The van der Waals surface area contributed by atoms with Gasteiger partial charge >= 0.3 is 0 Å². The molecular formula is C15H24N2O3S. The largest absolute Gasteiger partial charge is 0.495 e. The molecule has 2 rings (SSSR count). The average molecular weight is 312 g/mol. The zero-order valence-corrected chi connectivity index (χ0v) is 13.7. The summed E-state index contributed by atoms with van der Waals surface area (Å²) in [6.45, 7) is 2.12. The van der Waals surface area contributed by atoms with Gasteiger partial charge in [0.05, 0.1) is 7.11 Å². The van der Waals surface area contributed by atoms with Crippen LogP contribution >= 0.6 is 0 Å². The van der Waals surface area contributed by atoms with Gasteiger partial charge in [-0.2, -0.15) is 4.31 Å². The van der Waals surface area contributed by atoms with Crippen LogP contribution in [0.2, 0.25) is 0 Å². The van der Waals surface area contributed by atoms with Gasteiger partial charge in [0, 0.05) is 18.8 Å². The van der Waals surface area contributed by atoms with Crippen molar-refractivity contribution in [3.63, 3.8) is 0 Å². The van der Waals surface area contributed by atoms with Crippen LogP contribution in [-0.2, 0) is 10.0 Å². The van der Waals surface area contributed by atoms with Crippen molar-refractivity contribution >= 4 is 15.7 Å². The summed E-state index contributed by atoms with van der Waals surface area (Å²) < 4.78 is 32.5. The van der Waals surface area contributed by atoms with Crippen molar-refractivity contribution in [3.05, 3.63) is 18.2 Å². The van der Waals surface area contributed by atoms with E-state index in [-0.39, 0.29) is 10.9 Å². The van der Waals surface area contributed by atoms with Crippen molar-refractivity contribution < 1.29 is 13.2 Å². The highest BCUT2D eigenvalue weighted by Gasteiger charge is 2.34. The molecule has 21 heavy (non-hydrogen) atoms. The number of benzene rings is 1. The van der Waals surface area contributed by atoms with Gasteiger partial charge in [0.25, 0.3) is 0 Å². The fourth-order valence-corrected chi connectivity index (χ4v) is 4.74. The van der Waals surface area contributed by atoms with E-state index in [0.29, 0.717) is 17.4 Å². The SMILES string of the molecule is COc1ccc(N)cc1S(=O)(=O)N(C)C1CCCCC1C. The third-order valence-corrected chi connectivity index (χ3v) is 6.28. The number of ether oxygens (including phenoxy) is 1. The van der Waals surface area contributed by atoms with Gasteiger partial charge in [-0.05, 0) is 37.0 Å². The van der Waals surface area contributed by atoms with E-state index in [0.717, 1.165) is 19.3 Å². The molecule has 1 fully saturated rings. The van der Waals surface area contributed by atoms with Crippen molar-refractivity contribution in [1.29, 1.82) is 0 Å². The molecule has 6 heteroatoms. The third-order valence-electron chi connectivity index (χ3n) is 4.38. The van der Waals surface area contributed by atoms with E-state index in [1.807, 2.05) is 0 Å². The Hall–Kier alpha value is -1.27. The molecule has 1 aliphatic rings. The van der Waals surface area contributed by atoms with E-state index < -0.39 is 10.0 Å². The van der Waals surface area contributed by atoms with Gasteiger partial charge in [-0.1, -0.05) is 19.8 Å². The van der Waals surface area contributed by atoms with Gasteiger partial charge in [0.15, 0.2) is 0 Å². The Kier molecular flexibility index (Phi) is 4.78. The Morgan fingerprint density at radius 1 is 1.29 bits per heavy atom. The highest BCUT2D eigenvalue weighted by Crippen LogP contribution is 2.34. The molecular weight excluding hydrogens is 288 g/mol. The molecule has 2 atom stereocenters. The zero-order valence-electron chi connectivity index (χ0n) is 12.9. The molecule has 2 N–H and O–H groups in total. The summed E-state index contributed by atoms with van der Waals surface area (Å²) >= 11 is 0. The van der Waals surface area contributed by atoms with E-state index in [1.165, 1.54) is 23.9 Å². The molecule has 1 aromatic carbocycles. The quantitative estimate of drug-likeness (QED) is 0.867. The molecule has 1 saturated carbocycles. The maximum absolute atomic E-state index is 12.9. The molecule has 5 nitrogen and oxygen atoms in total. The second kappa shape index (κ2) is 6.23. The smallest absolute Gasteiger partial charge is 0.246 e. The van der Waals surface area contributed by atoms with E-state index in [2.05, 4.69) is 6.92 Å². The first-order chi connectivity index (χ1) is 9.87. The maximum Gasteiger partial charge on any atom is 0.246 e. The van der Waals surface area contributed by atoms with Gasteiger partial charge in [-0.3, -0.25) is 0 Å². The molecule has 1 aliphatic carbocycles. The fourth-order valence-electron chi connectivity index (χ4n) is 3.07. The van der Waals surface area contributed by atoms with E-state index in [9.17, 15) is 8.42 Å². The fraction of sp³-hybridized carbons (Fsp3) is 0.600. The predicted molar refractivity (Wildman–Crippen MR) is 83.8 cm³/mol. The van der Waals surface area contributed by atoms with Gasteiger partial charge < -0.3 is 10.5 Å². The van der Waals surface area contributed by atoms with Crippen molar-refractivity contribution in [1.82, 2.24) is 4.31 Å². The summed E-state index contributed by atoms with van der Waals surface area (Å²) in [7, 11) is -0.485. The van der Waals surface area contributed by atoms with Crippen LogP contribution < -0.4 is 10.5 Å². The van der Waals surface area contributed by atoms with Crippen LogP contribution in [0.4, 0.5) is 5.69 Å². The number of methoxy groups -OCH3 is 1. The third kappa shape index (κ3) is 3.16. The molecule has 0 aromatic heterocycles. The number of nitrogens with zero attached hydrogens (tertiary/aromatic N) is 1. The second-order valence-corrected chi connectivity index (χ2v) is 7.73. The molecule has 0 aliphatic heterocycles. The van der Waals surface area contributed by atoms with Gasteiger partial charge in [-0.25, -0.2) is 8.42 Å². The highest BCUT2D eigenvalue weighted by atomic mass is 32.2. The number of anilines is 1. The van der Waals surface area contributed by atoms with Crippen molar-refractivity contribution in [2.75, 3.05) is 19.9 Å². The number of nitrogens with two attached hydrogens (primary N) is 1. The number of hydrogen-bond donors (Lipinski definition) is 1. The van der Waals surface area contributed by atoms with Crippen molar-refractivity contribution in [2.45, 2.75) is 43.5 Å². The maximum atomic E-state index is 12.9. The Bertz CT molecular complexity index is 601. The van der Waals surface area contributed by atoms with Crippen LogP contribution in [-0.4, -0.2) is 32.9 Å². The summed E-state index contributed by atoms with van der Waals surface area (Å²) in [5.74, 6) is 0.699. The number of nitrogen functional groups attached to an aromatic ring is 1. The predicted octanol–water partition coefficient (Wildman–Crippen LogP) is 2.48. The summed E-state index contributed by atoms with van der Waals surface area (Å²) in [4.78, 5) is 0.144. The number of hydrogen-bond acceptors (Lipinski definition) is 4. The summed E-state index contributed by atoms with van der Waals surface area (Å²) in [5, 5.41) is 0. The first-order valence-corrected chi connectivity index (χ1v) is 8.73. The molecule has 0 amide bonds. The molecule has 0 bridgehead atoms. The lowest BCUT2D eigenvalue weighted by Crippen LogP contribution is -2.42. The lowest BCUT2D eigenvalue weighted by molar-refractivity contribution is 0.213. The monoisotopic (exact) mass is 312 g/mol. The van der Waals surface area contributed by atoms with Gasteiger partial charge in [-0.15, -0.1) is 0 Å². The van der Waals surface area contributed by atoms with Crippen molar-refractivity contribution in [3.8, 4) is 5.75 Å². The topological polar surface area (TPSA) is 72.6 Å². The minimum atomic E-state index is -3.61. The lowest BCUT2D eigenvalue weighted by atomic mass is 9.86. The molecule has 1 aromatic rings. The van der Waals surface area contributed by atoms with Crippen molar-refractivity contribution in [2.24, 2.45) is 5.92 Å². The molecule has 118 valence electrons. The minimum Gasteiger partial charge on any atom is -0.495 e. The van der Waals surface area contributed by atoms with Crippen LogP contribution in [0.25, 0.3) is 0 Å². The first-order valence-electron chi connectivity index (χ1n) is 7.29. The summed E-state index contributed by atoms with van der Waals surface area (Å²) in [5.41, 5.74) is 6.16. The summed E-state index contributed by atoms with van der Waals surface area (Å²) in [6.07, 6.45) is 4.22. The van der Waals surface area contributed by atoms with Gasteiger partial charge in [0.2, 0.25) is 10.0 Å². The van der Waals surface area contributed by atoms with Crippen LogP contribution in [0.1, 0.15) is 32.6 Å². The number of rotatable bonds is 4. The van der Waals surface area contributed by atoms with E-state index in [4.69, 9.17) is 10.5 Å². The Balaban J connectivity index is 2.39. The van der Waals surface area contributed by atoms with E-state index >= 15 is 0 Å². The molecule has 0 heterocycles. The minimum absolute atomic E-state index is 0.0369. The Labute approximate surface area is 127 Å². The van der Waals surface area contributed by atoms with E-state index in [1.54, 1.807) is 19.2 Å². The van der Waals surface area contributed by atoms with Gasteiger partial charge in [0.1, 0.15) is 10.6 Å². The summed E-state index contributed by atoms with van der Waals surface area (Å²) in [6, 6.07) is 4.74. The second-order valence-electron chi connectivity index (χ2n) is 5.76. The zero-order chi connectivity index (χ0) is 15.6. The average Bonchev–Trinajstić information content (AvgIpc) is 2.47. The highest BCUT2D eigenvalue weighted by molar-refractivity contribution is 7.89. The van der Waals surface area contributed by atoms with Crippen LogP contribution in [0.3, 0.4) is 0 Å². The Morgan fingerprint density at radius 2 is 1.95 bits per heavy atom. The molecule has 2 unspecified atom stereocenters. The van der Waals surface area contributed by atoms with Crippen LogP contribution in [0.5, 0.6) is 5.75 Å². The Morgan fingerprint density at radius 3 is 2.57 bits per heavy atom. The van der Waals surface area contributed by atoms with Crippen LogP contribution in [0.15, 0.2) is 23.1 Å². The molecule has 0 saturated heterocycles. The first kappa shape index (κ1) is 16.1. The lowest BCUT2D eigenvalue weighted by Gasteiger charge is -2.35. The van der Waals surface area contributed by atoms with Crippen LogP contribution in [0, 0.1) is 5.92 Å².